The van der Waals surface area contributed by atoms with Crippen molar-refractivity contribution < 1.29 is 5.11 Å². The number of phenols is 1. The van der Waals surface area contributed by atoms with Gasteiger partial charge in [-0.25, -0.2) is 0 Å². The van der Waals surface area contributed by atoms with Gasteiger partial charge in [-0.2, -0.15) is 0 Å². The van der Waals surface area contributed by atoms with Crippen LogP contribution in [0.5, 0.6) is 5.75 Å². The van der Waals surface area contributed by atoms with Crippen LogP contribution in [-0.4, -0.2) is 5.11 Å². The molecule has 2 aromatic rings. The maximum absolute atomic E-state index is 10.2. The van der Waals surface area contributed by atoms with Crippen molar-refractivity contribution in [1.82, 2.24) is 0 Å². The first kappa shape index (κ1) is 12.0. The number of fused-ring (bicyclic) bond motifs is 1. The Bertz CT molecular complexity index is 524. The number of aromatic hydroxyl groups is 1. The topological polar surface area (TPSA) is 20.2 Å². The molecule has 0 radical (unpaired) electrons. The molecule has 1 N–H and O–H groups in total. The average Bonchev–Trinajstić information content (AvgIpc) is 2.38. The largest absolute Gasteiger partial charge is 0.508 e. The normalized spacial score (nSPS) is 11.9. The van der Waals surface area contributed by atoms with Gasteiger partial charge in [0.05, 0.1) is 0 Å². The van der Waals surface area contributed by atoms with Gasteiger partial charge in [0.15, 0.2) is 0 Å². The summed E-state index contributed by atoms with van der Waals surface area (Å²) in [7, 11) is 0. The molecular formula is C16H20O. The van der Waals surface area contributed by atoms with E-state index in [1.807, 2.05) is 24.3 Å². The lowest BCUT2D eigenvalue weighted by atomic mass is 9.75. The first-order chi connectivity index (χ1) is 8.12. The quantitative estimate of drug-likeness (QED) is 0.812. The summed E-state index contributed by atoms with van der Waals surface area (Å²) in [5.74, 6) is 0.426. The number of hydrogen-bond acceptors (Lipinski definition) is 1. The minimum absolute atomic E-state index is 0.0466. The fourth-order valence-electron chi connectivity index (χ4n) is 2.50. The second-order valence-corrected chi connectivity index (χ2v) is 4.95. The van der Waals surface area contributed by atoms with Crippen LogP contribution in [0.2, 0.25) is 0 Å². The zero-order valence-electron chi connectivity index (χ0n) is 10.8. The monoisotopic (exact) mass is 228 g/mol. The van der Waals surface area contributed by atoms with Crippen LogP contribution in [0.3, 0.4) is 0 Å². The third-order valence-corrected chi connectivity index (χ3v) is 4.07. The van der Waals surface area contributed by atoms with Gasteiger partial charge < -0.3 is 5.11 Å². The van der Waals surface area contributed by atoms with Gasteiger partial charge in [0, 0.05) is 5.56 Å². The van der Waals surface area contributed by atoms with Crippen molar-refractivity contribution in [2.45, 2.75) is 39.0 Å². The molecule has 0 heterocycles. The summed E-state index contributed by atoms with van der Waals surface area (Å²) in [4.78, 5) is 0. The predicted molar refractivity (Wildman–Crippen MR) is 73.5 cm³/mol. The maximum Gasteiger partial charge on any atom is 0.119 e. The third kappa shape index (κ3) is 1.90. The summed E-state index contributed by atoms with van der Waals surface area (Å²) in [6.45, 7) is 6.60. The van der Waals surface area contributed by atoms with Gasteiger partial charge >= 0.3 is 0 Å². The van der Waals surface area contributed by atoms with E-state index in [2.05, 4.69) is 32.9 Å². The summed E-state index contributed by atoms with van der Waals surface area (Å²) in [5, 5.41) is 12.6. The second kappa shape index (κ2) is 4.40. The molecule has 2 aromatic carbocycles. The molecule has 0 fully saturated rings. The molecule has 90 valence electrons. The molecule has 0 atom stereocenters. The molecule has 0 saturated carbocycles. The summed E-state index contributed by atoms with van der Waals surface area (Å²) in [5.41, 5.74) is 1.14. The average molecular weight is 228 g/mol. The van der Waals surface area contributed by atoms with Crippen LogP contribution >= 0.6 is 0 Å². The lowest BCUT2D eigenvalue weighted by Gasteiger charge is -2.29. The third-order valence-electron chi connectivity index (χ3n) is 4.07. The summed E-state index contributed by atoms with van der Waals surface area (Å²) in [6, 6.07) is 12.1. The van der Waals surface area contributed by atoms with Crippen molar-refractivity contribution >= 4 is 10.8 Å². The molecule has 0 saturated heterocycles. The number of benzene rings is 2. The highest BCUT2D eigenvalue weighted by molar-refractivity contribution is 5.88. The fraction of sp³-hybridized carbons (Fsp3) is 0.375. The Balaban J connectivity index is 2.79. The molecule has 0 bridgehead atoms. The van der Waals surface area contributed by atoms with Gasteiger partial charge in [-0.1, -0.05) is 51.1 Å². The molecule has 0 spiro atoms. The molecule has 0 aromatic heterocycles. The van der Waals surface area contributed by atoms with E-state index in [1.165, 1.54) is 10.8 Å². The first-order valence-electron chi connectivity index (χ1n) is 6.33. The summed E-state index contributed by atoms with van der Waals surface area (Å²) < 4.78 is 0. The smallest absolute Gasteiger partial charge is 0.119 e. The van der Waals surface area contributed by atoms with Gasteiger partial charge in [-0.3, -0.25) is 0 Å². The Morgan fingerprint density at radius 2 is 1.65 bits per heavy atom. The highest BCUT2D eigenvalue weighted by atomic mass is 16.3. The lowest BCUT2D eigenvalue weighted by Crippen LogP contribution is -2.20. The van der Waals surface area contributed by atoms with E-state index in [-0.39, 0.29) is 5.41 Å². The van der Waals surface area contributed by atoms with Crippen LogP contribution in [0.4, 0.5) is 0 Å². The Morgan fingerprint density at radius 3 is 2.29 bits per heavy atom. The van der Waals surface area contributed by atoms with Crippen molar-refractivity contribution in [3.63, 3.8) is 0 Å². The highest BCUT2D eigenvalue weighted by Crippen LogP contribution is 2.41. The summed E-state index contributed by atoms with van der Waals surface area (Å²) >= 11 is 0. The zero-order chi connectivity index (χ0) is 12.5. The zero-order valence-corrected chi connectivity index (χ0v) is 10.8. The number of hydrogen-bond donors (Lipinski definition) is 1. The number of rotatable bonds is 3. The van der Waals surface area contributed by atoms with Crippen LogP contribution in [0.1, 0.15) is 39.2 Å². The van der Waals surface area contributed by atoms with E-state index in [1.54, 1.807) is 0 Å². The standard InChI is InChI=1S/C16H20O/c1-4-16(3,5-2)15-13-9-7-6-8-12(13)10-11-14(15)17/h6-11,17H,4-5H2,1-3H3. The van der Waals surface area contributed by atoms with Crippen LogP contribution < -0.4 is 0 Å². The molecule has 0 aliphatic rings. The Kier molecular flexibility index (Phi) is 3.10. The minimum atomic E-state index is 0.0466. The van der Waals surface area contributed by atoms with E-state index >= 15 is 0 Å². The van der Waals surface area contributed by atoms with E-state index in [4.69, 9.17) is 0 Å². The molecule has 1 heteroatoms. The van der Waals surface area contributed by atoms with Crippen LogP contribution in [0.25, 0.3) is 10.8 Å². The second-order valence-electron chi connectivity index (χ2n) is 4.95. The first-order valence-corrected chi connectivity index (χ1v) is 6.33. The molecular weight excluding hydrogens is 208 g/mol. The van der Waals surface area contributed by atoms with Gasteiger partial charge in [0.25, 0.3) is 0 Å². The van der Waals surface area contributed by atoms with E-state index < -0.39 is 0 Å². The van der Waals surface area contributed by atoms with Crippen LogP contribution in [-0.2, 0) is 5.41 Å². The maximum atomic E-state index is 10.2. The van der Waals surface area contributed by atoms with E-state index in [0.29, 0.717) is 5.75 Å². The van der Waals surface area contributed by atoms with Crippen molar-refractivity contribution in [3.05, 3.63) is 42.0 Å². The molecule has 0 aliphatic carbocycles. The van der Waals surface area contributed by atoms with Gasteiger partial charge in [0.2, 0.25) is 0 Å². The Labute approximate surface area is 103 Å². The molecule has 0 unspecified atom stereocenters. The fourth-order valence-corrected chi connectivity index (χ4v) is 2.50. The molecule has 0 amide bonds. The SMILES string of the molecule is CCC(C)(CC)c1c(O)ccc2ccccc12. The van der Waals surface area contributed by atoms with Crippen LogP contribution in [0, 0.1) is 0 Å². The molecule has 17 heavy (non-hydrogen) atoms. The highest BCUT2D eigenvalue weighted by Gasteiger charge is 2.27. The molecule has 2 rings (SSSR count). The van der Waals surface area contributed by atoms with Crippen molar-refractivity contribution in [2.24, 2.45) is 0 Å². The van der Waals surface area contributed by atoms with Gasteiger partial charge in [0.1, 0.15) is 5.75 Å². The Morgan fingerprint density at radius 1 is 1.00 bits per heavy atom. The van der Waals surface area contributed by atoms with Crippen LogP contribution in [0.15, 0.2) is 36.4 Å². The molecule has 0 aliphatic heterocycles. The van der Waals surface area contributed by atoms with Crippen molar-refractivity contribution in [3.8, 4) is 5.75 Å². The van der Waals surface area contributed by atoms with E-state index in [0.717, 1.165) is 18.4 Å². The molecule has 1 nitrogen and oxygen atoms in total. The van der Waals surface area contributed by atoms with Gasteiger partial charge in [-0.05, 0) is 35.1 Å². The Hall–Kier alpha value is -1.50. The minimum Gasteiger partial charge on any atom is -0.508 e. The van der Waals surface area contributed by atoms with Crippen molar-refractivity contribution in [1.29, 1.82) is 0 Å². The van der Waals surface area contributed by atoms with Gasteiger partial charge in [-0.15, -0.1) is 0 Å². The predicted octanol–water partition coefficient (Wildman–Crippen LogP) is 4.62. The lowest BCUT2D eigenvalue weighted by molar-refractivity contribution is 0.401. The van der Waals surface area contributed by atoms with E-state index in [9.17, 15) is 5.11 Å². The number of phenolic OH excluding ortho intramolecular Hbond substituents is 1. The summed E-state index contributed by atoms with van der Waals surface area (Å²) in [6.07, 6.45) is 2.07. The van der Waals surface area contributed by atoms with Crippen molar-refractivity contribution in [2.75, 3.05) is 0 Å².